The maximum Gasteiger partial charge on any atom is 0.246 e. The van der Waals surface area contributed by atoms with Crippen molar-refractivity contribution < 1.29 is 4.79 Å². The highest BCUT2D eigenvalue weighted by atomic mass is 16.2. The van der Waals surface area contributed by atoms with Crippen LogP contribution in [0.3, 0.4) is 0 Å². The van der Waals surface area contributed by atoms with Crippen LogP contribution >= 0.6 is 0 Å². The zero-order valence-corrected chi connectivity index (χ0v) is 12.4. The van der Waals surface area contributed by atoms with Crippen LogP contribution in [0.1, 0.15) is 63.2 Å². The highest BCUT2D eigenvalue weighted by Gasteiger charge is 2.29. The van der Waals surface area contributed by atoms with Crippen molar-refractivity contribution in [2.24, 2.45) is 5.92 Å². The van der Waals surface area contributed by atoms with Gasteiger partial charge in [0.15, 0.2) is 5.82 Å². The van der Waals surface area contributed by atoms with Gasteiger partial charge < -0.3 is 4.90 Å². The molecule has 0 aromatic carbocycles. The standard InChI is InChI=1S/C15H23N5O/c21-14(10-9-12-6-2-1-3-7-12)20-11-5-4-8-13(20)15-16-18-19-17-15/h9-10,12-13H,1-8,11H2,(H,16,17,18,19)/b10-9+. The fraction of sp³-hybridized carbons (Fsp3) is 0.733. The van der Waals surface area contributed by atoms with E-state index >= 15 is 0 Å². The summed E-state index contributed by atoms with van der Waals surface area (Å²) in [7, 11) is 0. The lowest BCUT2D eigenvalue weighted by Gasteiger charge is -2.33. The van der Waals surface area contributed by atoms with E-state index in [2.05, 4.69) is 26.7 Å². The number of tetrazole rings is 1. The first-order valence-electron chi connectivity index (χ1n) is 8.07. The fourth-order valence-electron chi connectivity index (χ4n) is 3.42. The molecule has 2 fully saturated rings. The number of rotatable bonds is 3. The van der Waals surface area contributed by atoms with Gasteiger partial charge in [0.1, 0.15) is 0 Å². The molecule has 1 unspecified atom stereocenters. The molecule has 6 heteroatoms. The average Bonchev–Trinajstić information content (AvgIpc) is 3.08. The van der Waals surface area contributed by atoms with Gasteiger partial charge in [0, 0.05) is 6.54 Å². The van der Waals surface area contributed by atoms with Crippen molar-refractivity contribution in [3.8, 4) is 0 Å². The largest absolute Gasteiger partial charge is 0.329 e. The maximum absolute atomic E-state index is 12.5. The van der Waals surface area contributed by atoms with Gasteiger partial charge in [-0.25, -0.2) is 0 Å². The molecule has 114 valence electrons. The molecule has 1 amide bonds. The second kappa shape index (κ2) is 6.83. The number of carbonyl (C=O) groups excluding carboxylic acids is 1. The summed E-state index contributed by atoms with van der Waals surface area (Å²) < 4.78 is 0. The molecule has 1 aromatic heterocycles. The Balaban J connectivity index is 1.65. The van der Waals surface area contributed by atoms with Crippen LogP contribution in [0, 0.1) is 5.92 Å². The summed E-state index contributed by atoms with van der Waals surface area (Å²) in [5.41, 5.74) is 0. The van der Waals surface area contributed by atoms with Gasteiger partial charge in [-0.3, -0.25) is 4.79 Å². The fourth-order valence-corrected chi connectivity index (χ4v) is 3.42. The molecule has 3 rings (SSSR count). The van der Waals surface area contributed by atoms with Gasteiger partial charge in [-0.2, -0.15) is 5.21 Å². The molecule has 1 aliphatic carbocycles. The summed E-state index contributed by atoms with van der Waals surface area (Å²) in [5.74, 6) is 1.31. The SMILES string of the molecule is O=C(/C=C/C1CCCCC1)N1CCCCC1c1nn[nH]n1. The number of hydrogen-bond acceptors (Lipinski definition) is 4. The number of hydrogen-bond donors (Lipinski definition) is 1. The molecule has 1 atom stereocenters. The molecule has 0 radical (unpaired) electrons. The van der Waals surface area contributed by atoms with Crippen molar-refractivity contribution in [2.45, 2.75) is 57.4 Å². The van der Waals surface area contributed by atoms with Gasteiger partial charge in [-0.1, -0.05) is 30.6 Å². The molecular weight excluding hydrogens is 266 g/mol. The third-order valence-corrected chi connectivity index (χ3v) is 4.61. The highest BCUT2D eigenvalue weighted by Crippen LogP contribution is 2.29. The number of aromatic amines is 1. The first kappa shape index (κ1) is 14.2. The number of nitrogens with zero attached hydrogens (tertiary/aromatic N) is 4. The van der Waals surface area contributed by atoms with Crippen molar-refractivity contribution in [3.63, 3.8) is 0 Å². The summed E-state index contributed by atoms with van der Waals surface area (Å²) in [4.78, 5) is 14.4. The van der Waals surface area contributed by atoms with Crippen molar-refractivity contribution in [1.29, 1.82) is 0 Å². The molecule has 6 nitrogen and oxygen atoms in total. The van der Waals surface area contributed by atoms with Crippen LogP contribution in [0.2, 0.25) is 0 Å². The number of allylic oxidation sites excluding steroid dienone is 1. The van der Waals surface area contributed by atoms with Crippen molar-refractivity contribution in [1.82, 2.24) is 25.5 Å². The number of nitrogens with one attached hydrogen (secondary N) is 1. The smallest absolute Gasteiger partial charge is 0.246 e. The van der Waals surface area contributed by atoms with Crippen LogP contribution < -0.4 is 0 Å². The van der Waals surface area contributed by atoms with E-state index in [1.54, 1.807) is 6.08 Å². The molecule has 21 heavy (non-hydrogen) atoms. The first-order valence-corrected chi connectivity index (χ1v) is 8.07. The zero-order chi connectivity index (χ0) is 14.5. The predicted octanol–water partition coefficient (Wildman–Crippen LogP) is 2.39. The Labute approximate surface area is 125 Å². The molecule has 2 heterocycles. The zero-order valence-electron chi connectivity index (χ0n) is 12.4. The molecular formula is C15H23N5O. The minimum Gasteiger partial charge on any atom is -0.329 e. The Bertz CT molecular complexity index is 478. The summed E-state index contributed by atoms with van der Waals surface area (Å²) in [6.45, 7) is 0.785. The van der Waals surface area contributed by atoms with Crippen LogP contribution in [0.15, 0.2) is 12.2 Å². The molecule has 1 saturated heterocycles. The molecule has 1 aromatic rings. The van der Waals surface area contributed by atoms with Gasteiger partial charge in [0.25, 0.3) is 0 Å². The summed E-state index contributed by atoms with van der Waals surface area (Å²) in [5, 5.41) is 14.2. The van der Waals surface area contributed by atoms with Gasteiger partial charge in [0.05, 0.1) is 6.04 Å². The summed E-state index contributed by atoms with van der Waals surface area (Å²) in [6, 6.07) is -0.0268. The number of aromatic nitrogens is 4. The first-order chi connectivity index (χ1) is 10.3. The molecule has 0 bridgehead atoms. The van der Waals surface area contributed by atoms with Gasteiger partial charge in [-0.05, 0) is 44.1 Å². The Morgan fingerprint density at radius 3 is 2.71 bits per heavy atom. The minimum absolute atomic E-state index is 0.0268. The van der Waals surface area contributed by atoms with E-state index in [-0.39, 0.29) is 11.9 Å². The van der Waals surface area contributed by atoms with Crippen LogP contribution in [-0.4, -0.2) is 38.0 Å². The molecule has 0 spiro atoms. The second-order valence-corrected chi connectivity index (χ2v) is 6.07. The number of likely N-dealkylation sites (tertiary alicyclic amines) is 1. The van der Waals surface area contributed by atoms with E-state index in [1.807, 2.05) is 4.90 Å². The average molecular weight is 289 g/mol. The molecule has 2 aliphatic rings. The van der Waals surface area contributed by atoms with Crippen molar-refractivity contribution in [3.05, 3.63) is 18.0 Å². The van der Waals surface area contributed by atoms with Gasteiger partial charge >= 0.3 is 0 Å². The molecule has 1 aliphatic heterocycles. The van der Waals surface area contributed by atoms with E-state index in [0.29, 0.717) is 11.7 Å². The van der Waals surface area contributed by atoms with Crippen LogP contribution in [0.5, 0.6) is 0 Å². The Hall–Kier alpha value is -1.72. The monoisotopic (exact) mass is 289 g/mol. The Morgan fingerprint density at radius 2 is 1.95 bits per heavy atom. The normalized spacial score (nSPS) is 24.6. The van der Waals surface area contributed by atoms with Crippen LogP contribution in [0.4, 0.5) is 0 Å². The topological polar surface area (TPSA) is 74.8 Å². The van der Waals surface area contributed by atoms with Crippen molar-refractivity contribution in [2.75, 3.05) is 6.54 Å². The van der Waals surface area contributed by atoms with Gasteiger partial charge in [-0.15, -0.1) is 10.2 Å². The quantitative estimate of drug-likeness (QED) is 0.867. The predicted molar refractivity (Wildman–Crippen MR) is 78.2 cm³/mol. The number of piperidine rings is 1. The maximum atomic E-state index is 12.5. The molecule has 1 N–H and O–H groups in total. The van der Waals surface area contributed by atoms with Gasteiger partial charge in [0.2, 0.25) is 5.91 Å². The van der Waals surface area contributed by atoms with Crippen LogP contribution in [0.25, 0.3) is 0 Å². The second-order valence-electron chi connectivity index (χ2n) is 6.07. The third kappa shape index (κ3) is 3.49. The minimum atomic E-state index is -0.0268. The van der Waals surface area contributed by atoms with E-state index < -0.39 is 0 Å². The Morgan fingerprint density at radius 1 is 1.14 bits per heavy atom. The number of carbonyl (C=O) groups is 1. The molecule has 1 saturated carbocycles. The van der Waals surface area contributed by atoms with E-state index in [0.717, 1.165) is 25.8 Å². The Kier molecular flexibility index (Phi) is 4.62. The number of amides is 1. The van der Waals surface area contributed by atoms with E-state index in [4.69, 9.17) is 0 Å². The van der Waals surface area contributed by atoms with E-state index in [1.165, 1.54) is 32.1 Å². The lowest BCUT2D eigenvalue weighted by Crippen LogP contribution is -2.38. The highest BCUT2D eigenvalue weighted by molar-refractivity contribution is 5.88. The number of H-pyrrole nitrogens is 1. The lowest BCUT2D eigenvalue weighted by molar-refractivity contribution is -0.130. The van der Waals surface area contributed by atoms with Crippen molar-refractivity contribution >= 4 is 5.91 Å². The van der Waals surface area contributed by atoms with E-state index in [9.17, 15) is 4.79 Å². The van der Waals surface area contributed by atoms with Crippen LogP contribution in [-0.2, 0) is 4.79 Å². The summed E-state index contributed by atoms with van der Waals surface area (Å²) >= 11 is 0. The third-order valence-electron chi connectivity index (χ3n) is 4.61. The lowest BCUT2D eigenvalue weighted by atomic mass is 9.89. The summed E-state index contributed by atoms with van der Waals surface area (Å²) in [6.07, 6.45) is 13.3.